The third kappa shape index (κ3) is 3.70. The highest BCUT2D eigenvalue weighted by Gasteiger charge is 2.17. The number of rotatable bonds is 5. The Morgan fingerprint density at radius 3 is 3.06 bits per heavy atom. The summed E-state index contributed by atoms with van der Waals surface area (Å²) in [6.07, 6.45) is 4.99. The highest BCUT2D eigenvalue weighted by molar-refractivity contribution is 9.10. The SMILES string of the molecule is Nc1ccc(Br)cc1C(O)CCCC1CCCO1. The van der Waals surface area contributed by atoms with E-state index in [4.69, 9.17) is 10.5 Å². The smallest absolute Gasteiger partial charge is 0.0810 e. The van der Waals surface area contributed by atoms with Crippen molar-refractivity contribution >= 4 is 21.6 Å². The predicted molar refractivity (Wildman–Crippen MR) is 76.3 cm³/mol. The molecule has 3 N–H and O–H groups in total. The summed E-state index contributed by atoms with van der Waals surface area (Å²) in [5.41, 5.74) is 7.35. The van der Waals surface area contributed by atoms with Gasteiger partial charge < -0.3 is 15.6 Å². The molecule has 2 unspecified atom stereocenters. The molecule has 0 radical (unpaired) electrons. The quantitative estimate of drug-likeness (QED) is 0.819. The van der Waals surface area contributed by atoms with Crippen molar-refractivity contribution < 1.29 is 9.84 Å². The van der Waals surface area contributed by atoms with Gasteiger partial charge in [-0.2, -0.15) is 0 Å². The van der Waals surface area contributed by atoms with E-state index in [-0.39, 0.29) is 0 Å². The van der Waals surface area contributed by atoms with E-state index in [2.05, 4.69) is 15.9 Å². The third-order valence-corrected chi connectivity index (χ3v) is 3.93. The molecule has 1 saturated heterocycles. The average Bonchev–Trinajstić information content (AvgIpc) is 2.85. The van der Waals surface area contributed by atoms with E-state index in [0.29, 0.717) is 11.8 Å². The van der Waals surface area contributed by atoms with Crippen molar-refractivity contribution in [3.63, 3.8) is 0 Å². The van der Waals surface area contributed by atoms with Crippen LogP contribution in [-0.4, -0.2) is 17.8 Å². The van der Waals surface area contributed by atoms with Crippen molar-refractivity contribution in [2.75, 3.05) is 12.3 Å². The standard InChI is InChI=1S/C14H20BrNO2/c15-10-6-7-13(16)12(9-10)14(17)5-1-3-11-4-2-8-18-11/h6-7,9,11,14,17H,1-5,8,16H2. The van der Waals surface area contributed by atoms with Gasteiger partial charge in [-0.1, -0.05) is 15.9 Å². The van der Waals surface area contributed by atoms with Crippen molar-refractivity contribution in [1.29, 1.82) is 0 Å². The molecular formula is C14H20BrNO2. The van der Waals surface area contributed by atoms with Gasteiger partial charge in [-0.3, -0.25) is 0 Å². The minimum atomic E-state index is -0.482. The predicted octanol–water partition coefficient (Wildman–Crippen LogP) is 3.41. The zero-order chi connectivity index (χ0) is 13.0. The Hall–Kier alpha value is -0.580. The summed E-state index contributed by atoms with van der Waals surface area (Å²) in [6, 6.07) is 5.60. The summed E-state index contributed by atoms with van der Waals surface area (Å²) in [5.74, 6) is 0. The molecule has 3 nitrogen and oxygen atoms in total. The van der Waals surface area contributed by atoms with Crippen molar-refractivity contribution in [1.82, 2.24) is 0 Å². The Balaban J connectivity index is 1.83. The van der Waals surface area contributed by atoms with Crippen LogP contribution >= 0.6 is 15.9 Å². The van der Waals surface area contributed by atoms with E-state index in [0.717, 1.165) is 42.3 Å². The molecule has 0 spiro atoms. The van der Waals surface area contributed by atoms with Gasteiger partial charge in [0.05, 0.1) is 12.2 Å². The van der Waals surface area contributed by atoms with Gasteiger partial charge in [0.25, 0.3) is 0 Å². The lowest BCUT2D eigenvalue weighted by Crippen LogP contribution is -2.07. The first kappa shape index (κ1) is 13.8. The van der Waals surface area contributed by atoms with Crippen LogP contribution in [-0.2, 0) is 4.74 Å². The molecule has 0 amide bonds. The summed E-state index contributed by atoms with van der Waals surface area (Å²) in [5, 5.41) is 10.2. The maximum absolute atomic E-state index is 10.2. The molecule has 18 heavy (non-hydrogen) atoms. The molecule has 0 saturated carbocycles. The number of benzene rings is 1. The summed E-state index contributed by atoms with van der Waals surface area (Å²) in [7, 11) is 0. The molecule has 1 aliphatic heterocycles. The van der Waals surface area contributed by atoms with Gasteiger partial charge in [0.1, 0.15) is 0 Å². The highest BCUT2D eigenvalue weighted by atomic mass is 79.9. The van der Waals surface area contributed by atoms with Crippen LogP contribution in [0.3, 0.4) is 0 Å². The van der Waals surface area contributed by atoms with Crippen molar-refractivity contribution in [2.45, 2.75) is 44.3 Å². The Morgan fingerprint density at radius 1 is 1.50 bits per heavy atom. The van der Waals surface area contributed by atoms with Crippen LogP contribution < -0.4 is 5.73 Å². The Kier molecular flexibility index (Phi) is 5.03. The van der Waals surface area contributed by atoms with Crippen molar-refractivity contribution in [2.24, 2.45) is 0 Å². The maximum atomic E-state index is 10.2. The van der Waals surface area contributed by atoms with Gasteiger partial charge in [-0.25, -0.2) is 0 Å². The molecule has 0 aromatic heterocycles. The second-order valence-electron chi connectivity index (χ2n) is 4.85. The molecule has 100 valence electrons. The van der Waals surface area contributed by atoms with Crippen LogP contribution in [0.5, 0.6) is 0 Å². The fraction of sp³-hybridized carbons (Fsp3) is 0.571. The molecule has 0 aliphatic carbocycles. The van der Waals surface area contributed by atoms with Gasteiger partial charge in [0, 0.05) is 22.3 Å². The minimum absolute atomic E-state index is 0.400. The number of hydrogen-bond acceptors (Lipinski definition) is 3. The van der Waals surface area contributed by atoms with E-state index in [1.54, 1.807) is 0 Å². The second kappa shape index (κ2) is 6.55. The van der Waals surface area contributed by atoms with Crippen LogP contribution in [0, 0.1) is 0 Å². The molecule has 1 heterocycles. The summed E-state index contributed by atoms with van der Waals surface area (Å²) in [4.78, 5) is 0. The topological polar surface area (TPSA) is 55.5 Å². The number of halogens is 1. The number of ether oxygens (including phenoxy) is 1. The van der Waals surface area contributed by atoms with Crippen LogP contribution in [0.1, 0.15) is 43.8 Å². The number of aliphatic hydroxyl groups excluding tert-OH is 1. The van der Waals surface area contributed by atoms with Gasteiger partial charge >= 0.3 is 0 Å². The molecule has 2 rings (SSSR count). The molecule has 1 fully saturated rings. The molecule has 1 aliphatic rings. The average molecular weight is 314 g/mol. The number of nitrogen functional groups attached to an aromatic ring is 1. The van der Waals surface area contributed by atoms with E-state index in [1.165, 1.54) is 6.42 Å². The summed E-state index contributed by atoms with van der Waals surface area (Å²) < 4.78 is 6.52. The lowest BCUT2D eigenvalue weighted by molar-refractivity contribution is 0.0945. The maximum Gasteiger partial charge on any atom is 0.0810 e. The summed E-state index contributed by atoms with van der Waals surface area (Å²) in [6.45, 7) is 0.895. The zero-order valence-electron chi connectivity index (χ0n) is 10.4. The highest BCUT2D eigenvalue weighted by Crippen LogP contribution is 2.28. The van der Waals surface area contributed by atoms with Crippen molar-refractivity contribution in [3.05, 3.63) is 28.2 Å². The van der Waals surface area contributed by atoms with E-state index in [1.807, 2.05) is 18.2 Å². The summed E-state index contributed by atoms with van der Waals surface area (Å²) >= 11 is 3.40. The first-order valence-corrected chi connectivity index (χ1v) is 7.30. The first-order valence-electron chi connectivity index (χ1n) is 6.51. The monoisotopic (exact) mass is 313 g/mol. The van der Waals surface area contributed by atoms with Gasteiger partial charge in [0.2, 0.25) is 0 Å². The Bertz CT molecular complexity index is 391. The lowest BCUT2D eigenvalue weighted by Gasteiger charge is -2.15. The third-order valence-electron chi connectivity index (χ3n) is 3.44. The molecular weight excluding hydrogens is 294 g/mol. The molecule has 2 atom stereocenters. The van der Waals surface area contributed by atoms with Gasteiger partial charge in [0.15, 0.2) is 0 Å². The fourth-order valence-corrected chi connectivity index (χ4v) is 2.78. The first-order chi connectivity index (χ1) is 8.66. The van der Waals surface area contributed by atoms with E-state index >= 15 is 0 Å². The molecule has 1 aromatic carbocycles. The lowest BCUT2D eigenvalue weighted by atomic mass is 10.0. The van der Waals surface area contributed by atoms with Crippen LogP contribution in [0.4, 0.5) is 5.69 Å². The number of aliphatic hydroxyl groups is 1. The van der Waals surface area contributed by atoms with Crippen LogP contribution in [0.15, 0.2) is 22.7 Å². The normalized spacial score (nSPS) is 21.1. The molecule has 1 aromatic rings. The molecule has 4 heteroatoms. The van der Waals surface area contributed by atoms with Gasteiger partial charge in [-0.15, -0.1) is 0 Å². The van der Waals surface area contributed by atoms with E-state index < -0.39 is 6.10 Å². The number of hydrogen-bond donors (Lipinski definition) is 2. The van der Waals surface area contributed by atoms with Gasteiger partial charge in [-0.05, 0) is 50.3 Å². The fourth-order valence-electron chi connectivity index (χ4n) is 2.40. The van der Waals surface area contributed by atoms with Crippen molar-refractivity contribution in [3.8, 4) is 0 Å². The van der Waals surface area contributed by atoms with Crippen LogP contribution in [0.2, 0.25) is 0 Å². The zero-order valence-corrected chi connectivity index (χ0v) is 12.0. The Labute approximate surface area is 116 Å². The van der Waals surface area contributed by atoms with Crippen LogP contribution in [0.25, 0.3) is 0 Å². The Morgan fingerprint density at radius 2 is 2.33 bits per heavy atom. The number of anilines is 1. The second-order valence-corrected chi connectivity index (χ2v) is 5.77. The minimum Gasteiger partial charge on any atom is -0.398 e. The largest absolute Gasteiger partial charge is 0.398 e. The number of nitrogens with two attached hydrogens (primary N) is 1. The molecule has 0 bridgehead atoms. The van der Waals surface area contributed by atoms with E-state index in [9.17, 15) is 5.11 Å².